The van der Waals surface area contributed by atoms with Gasteiger partial charge < -0.3 is 4.74 Å². The molecule has 2 aliphatic rings. The van der Waals surface area contributed by atoms with E-state index in [1.54, 1.807) is 11.3 Å². The quantitative estimate of drug-likeness (QED) is 0.465. The van der Waals surface area contributed by atoms with Gasteiger partial charge in [0.05, 0.1) is 10.3 Å². The van der Waals surface area contributed by atoms with Crippen molar-refractivity contribution < 1.29 is 4.74 Å². The summed E-state index contributed by atoms with van der Waals surface area (Å²) in [5.41, 5.74) is 1.17. The summed E-state index contributed by atoms with van der Waals surface area (Å²) in [7, 11) is 0. The standard InChI is InChI=1S/C21H16Cl2OS/c1-19-18(14-8-3-2-4-9-14)15-10-5-6-11-16(15)24-20(19,21(19,22)23)17-12-7-13-25-17/h2-13,18H,1H3/t18-,19-,20-/m0/s1. The van der Waals surface area contributed by atoms with E-state index in [0.717, 1.165) is 16.2 Å². The molecule has 0 saturated heterocycles. The first kappa shape index (κ1) is 15.7. The monoisotopic (exact) mass is 386 g/mol. The predicted molar refractivity (Wildman–Crippen MR) is 104 cm³/mol. The Labute approximate surface area is 161 Å². The highest BCUT2D eigenvalue weighted by Crippen LogP contribution is 2.85. The summed E-state index contributed by atoms with van der Waals surface area (Å²) in [6.45, 7) is 2.15. The molecule has 3 aromatic rings. The molecule has 0 bridgehead atoms. The first-order chi connectivity index (χ1) is 12.0. The van der Waals surface area contributed by atoms with E-state index in [-0.39, 0.29) is 5.92 Å². The van der Waals surface area contributed by atoms with Crippen LogP contribution in [-0.4, -0.2) is 4.33 Å². The number of para-hydroxylation sites is 1. The van der Waals surface area contributed by atoms with E-state index in [9.17, 15) is 0 Å². The number of hydrogen-bond donors (Lipinski definition) is 0. The Bertz CT molecular complexity index is 938. The summed E-state index contributed by atoms with van der Waals surface area (Å²) in [4.78, 5) is 1.08. The number of benzene rings is 2. The first-order valence-corrected chi connectivity index (χ1v) is 9.92. The van der Waals surface area contributed by atoms with Crippen LogP contribution < -0.4 is 4.74 Å². The van der Waals surface area contributed by atoms with Crippen LogP contribution in [0.1, 0.15) is 28.8 Å². The molecule has 0 amide bonds. The van der Waals surface area contributed by atoms with Crippen LogP contribution >= 0.6 is 34.5 Å². The van der Waals surface area contributed by atoms with Gasteiger partial charge in [0.25, 0.3) is 0 Å². The van der Waals surface area contributed by atoms with Gasteiger partial charge in [-0.15, -0.1) is 11.3 Å². The van der Waals surface area contributed by atoms with E-state index in [2.05, 4.69) is 43.3 Å². The lowest BCUT2D eigenvalue weighted by Gasteiger charge is -2.36. The third-order valence-corrected chi connectivity index (χ3v) is 8.12. The zero-order valence-electron chi connectivity index (χ0n) is 13.6. The first-order valence-electron chi connectivity index (χ1n) is 8.29. The van der Waals surface area contributed by atoms with Gasteiger partial charge in [-0.2, -0.15) is 0 Å². The molecule has 0 spiro atoms. The van der Waals surface area contributed by atoms with Gasteiger partial charge in [-0.3, -0.25) is 0 Å². The summed E-state index contributed by atoms with van der Waals surface area (Å²) in [6.07, 6.45) is 0. The van der Waals surface area contributed by atoms with Crippen LogP contribution in [0.3, 0.4) is 0 Å². The molecule has 3 atom stereocenters. The van der Waals surface area contributed by atoms with Gasteiger partial charge in [-0.1, -0.05) is 84.7 Å². The SMILES string of the molecule is C[C@]12[C@@H](c3ccccc3)c3ccccc3O[C@]1(c1cccs1)C2(Cl)Cl. The maximum atomic E-state index is 6.98. The minimum Gasteiger partial charge on any atom is -0.477 e. The van der Waals surface area contributed by atoms with E-state index in [0.29, 0.717) is 0 Å². The molecule has 0 radical (unpaired) electrons. The fraction of sp³-hybridized carbons (Fsp3) is 0.238. The van der Waals surface area contributed by atoms with Crippen LogP contribution in [0.25, 0.3) is 0 Å². The Balaban J connectivity index is 1.81. The number of hydrogen-bond acceptors (Lipinski definition) is 2. The maximum absolute atomic E-state index is 6.98. The van der Waals surface area contributed by atoms with Crippen LogP contribution in [0.4, 0.5) is 0 Å². The second-order valence-corrected chi connectivity index (χ2v) is 9.19. The van der Waals surface area contributed by atoms with Gasteiger partial charge in [0.1, 0.15) is 5.75 Å². The van der Waals surface area contributed by atoms with Gasteiger partial charge in [0.15, 0.2) is 9.93 Å². The lowest BCUT2D eigenvalue weighted by atomic mass is 9.75. The van der Waals surface area contributed by atoms with Crippen molar-refractivity contribution in [1.29, 1.82) is 0 Å². The van der Waals surface area contributed by atoms with Crippen molar-refractivity contribution in [3.8, 4) is 5.75 Å². The molecule has 2 heterocycles. The molecule has 4 heteroatoms. The van der Waals surface area contributed by atoms with Gasteiger partial charge in [-0.25, -0.2) is 0 Å². The van der Waals surface area contributed by atoms with Crippen LogP contribution in [0, 0.1) is 5.41 Å². The second-order valence-electron chi connectivity index (χ2n) is 6.92. The summed E-state index contributed by atoms with van der Waals surface area (Å²) in [5.74, 6) is 0.932. The lowest BCUT2D eigenvalue weighted by molar-refractivity contribution is 0.105. The average Bonchev–Trinajstić information content (AvgIpc) is 3.01. The van der Waals surface area contributed by atoms with Gasteiger partial charge in [0, 0.05) is 11.5 Å². The minimum absolute atomic E-state index is 0.0655. The molecule has 2 aromatic carbocycles. The molecule has 0 unspecified atom stereocenters. The average molecular weight is 387 g/mol. The smallest absolute Gasteiger partial charge is 0.186 e. The molecule has 1 fully saturated rings. The number of ether oxygens (including phenoxy) is 1. The zero-order valence-corrected chi connectivity index (χ0v) is 15.9. The van der Waals surface area contributed by atoms with Crippen molar-refractivity contribution in [1.82, 2.24) is 0 Å². The molecule has 126 valence electrons. The van der Waals surface area contributed by atoms with Crippen molar-refractivity contribution in [2.24, 2.45) is 5.41 Å². The molecule has 1 nitrogen and oxygen atoms in total. The summed E-state index contributed by atoms with van der Waals surface area (Å²) < 4.78 is 5.54. The fourth-order valence-corrected chi connectivity index (χ4v) is 6.77. The van der Waals surface area contributed by atoms with Gasteiger partial charge in [0.2, 0.25) is 0 Å². The normalized spacial score (nSPS) is 31.6. The van der Waals surface area contributed by atoms with Crippen molar-refractivity contribution >= 4 is 34.5 Å². The minimum atomic E-state index is -1.01. The Hall–Kier alpha value is -1.48. The number of alkyl halides is 2. The third kappa shape index (κ3) is 1.71. The van der Waals surface area contributed by atoms with Crippen LogP contribution in [0.2, 0.25) is 0 Å². The largest absolute Gasteiger partial charge is 0.477 e. The zero-order chi connectivity index (χ0) is 17.3. The van der Waals surface area contributed by atoms with E-state index < -0.39 is 15.3 Å². The summed E-state index contributed by atoms with van der Waals surface area (Å²) in [5, 5.41) is 2.05. The molecule has 5 rings (SSSR count). The summed E-state index contributed by atoms with van der Waals surface area (Å²) >= 11 is 15.6. The maximum Gasteiger partial charge on any atom is 0.186 e. The number of thiophene rings is 1. The second kappa shape index (κ2) is 5.03. The van der Waals surface area contributed by atoms with E-state index in [1.807, 2.05) is 35.7 Å². The third-order valence-electron chi connectivity index (χ3n) is 5.83. The Morgan fingerprint density at radius 3 is 2.36 bits per heavy atom. The molecule has 1 aliphatic carbocycles. The van der Waals surface area contributed by atoms with Gasteiger partial charge in [-0.05, 0) is 23.1 Å². The highest BCUT2D eigenvalue weighted by Gasteiger charge is 2.92. The van der Waals surface area contributed by atoms with E-state index in [4.69, 9.17) is 27.9 Å². The van der Waals surface area contributed by atoms with Crippen molar-refractivity contribution in [3.63, 3.8) is 0 Å². The number of halogens is 2. The molecular weight excluding hydrogens is 371 g/mol. The highest BCUT2D eigenvalue weighted by atomic mass is 35.5. The van der Waals surface area contributed by atoms with Crippen molar-refractivity contribution in [2.75, 3.05) is 0 Å². The Kier molecular flexibility index (Phi) is 3.17. The van der Waals surface area contributed by atoms with E-state index >= 15 is 0 Å². The van der Waals surface area contributed by atoms with Gasteiger partial charge >= 0.3 is 0 Å². The van der Waals surface area contributed by atoms with Crippen molar-refractivity contribution in [2.45, 2.75) is 22.8 Å². The topological polar surface area (TPSA) is 9.23 Å². The Morgan fingerprint density at radius 1 is 0.920 bits per heavy atom. The molecular formula is C21H16Cl2OS. The Morgan fingerprint density at radius 2 is 1.64 bits per heavy atom. The van der Waals surface area contributed by atoms with Crippen LogP contribution in [0.5, 0.6) is 5.75 Å². The van der Waals surface area contributed by atoms with Crippen LogP contribution in [-0.2, 0) is 5.60 Å². The molecule has 1 aromatic heterocycles. The number of fused-ring (bicyclic) bond motifs is 2. The molecule has 1 aliphatic heterocycles. The van der Waals surface area contributed by atoms with Crippen LogP contribution in [0.15, 0.2) is 72.1 Å². The molecule has 1 saturated carbocycles. The highest BCUT2D eigenvalue weighted by molar-refractivity contribution is 7.10. The fourth-order valence-electron chi connectivity index (χ4n) is 4.56. The van der Waals surface area contributed by atoms with E-state index in [1.165, 1.54) is 5.56 Å². The molecule has 25 heavy (non-hydrogen) atoms. The number of rotatable bonds is 2. The van der Waals surface area contributed by atoms with Crippen molar-refractivity contribution in [3.05, 3.63) is 88.1 Å². The lowest BCUT2D eigenvalue weighted by Crippen LogP contribution is -2.32. The predicted octanol–water partition coefficient (Wildman–Crippen LogP) is 6.36. The summed E-state index contributed by atoms with van der Waals surface area (Å²) in [6, 6.07) is 22.8. The molecule has 0 N–H and O–H groups in total.